The standard InChI is InChI=1S/C17H26N6O2/c1-16-6-7-17(24-8-9-25-17)10-11(16)4-5-12-13(22(2)19-14(12)16)15-18-21-23(3)20-15/h11,15,20H,4-10H2,1-3H3/t11?,15?,16-/m0/s1. The lowest BCUT2D eigenvalue weighted by molar-refractivity contribution is -0.199. The van der Waals surface area contributed by atoms with Crippen molar-refractivity contribution in [2.24, 2.45) is 23.3 Å². The summed E-state index contributed by atoms with van der Waals surface area (Å²) in [6.45, 7) is 3.84. The molecule has 0 amide bonds. The Kier molecular flexibility index (Phi) is 3.30. The third kappa shape index (κ3) is 2.20. The maximum atomic E-state index is 5.99. The average Bonchev–Trinajstić information content (AvgIpc) is 3.28. The van der Waals surface area contributed by atoms with Gasteiger partial charge in [0.2, 0.25) is 0 Å². The van der Waals surface area contributed by atoms with Gasteiger partial charge in [-0.25, -0.2) is 5.12 Å². The van der Waals surface area contributed by atoms with Crippen LogP contribution in [0.2, 0.25) is 0 Å². The molecule has 0 radical (unpaired) electrons. The van der Waals surface area contributed by atoms with Crippen molar-refractivity contribution in [3.05, 3.63) is 17.0 Å². The van der Waals surface area contributed by atoms with E-state index in [1.165, 1.54) is 11.3 Å². The van der Waals surface area contributed by atoms with Crippen LogP contribution in [0.3, 0.4) is 0 Å². The molecular formula is C17H26N6O2. The highest BCUT2D eigenvalue weighted by molar-refractivity contribution is 5.38. The number of fused-ring (bicyclic) bond motifs is 3. The van der Waals surface area contributed by atoms with Crippen molar-refractivity contribution in [3.8, 4) is 0 Å². The van der Waals surface area contributed by atoms with Gasteiger partial charge < -0.3 is 9.47 Å². The summed E-state index contributed by atoms with van der Waals surface area (Å²) < 4.78 is 14.0. The maximum absolute atomic E-state index is 5.99. The van der Waals surface area contributed by atoms with E-state index in [1.807, 2.05) is 18.8 Å². The van der Waals surface area contributed by atoms with Crippen molar-refractivity contribution in [1.82, 2.24) is 20.3 Å². The predicted molar refractivity (Wildman–Crippen MR) is 89.4 cm³/mol. The monoisotopic (exact) mass is 346 g/mol. The number of nitrogens with one attached hydrogen (secondary N) is 1. The molecule has 3 atom stereocenters. The smallest absolute Gasteiger partial charge is 0.183 e. The number of aryl methyl sites for hydroxylation is 1. The zero-order valence-corrected chi connectivity index (χ0v) is 15.2. The summed E-state index contributed by atoms with van der Waals surface area (Å²) in [5.74, 6) is 0.221. The number of ether oxygens (including phenoxy) is 2. The summed E-state index contributed by atoms with van der Waals surface area (Å²) in [6, 6.07) is 0. The van der Waals surface area contributed by atoms with E-state index in [2.05, 4.69) is 22.7 Å². The number of rotatable bonds is 1. The van der Waals surface area contributed by atoms with Gasteiger partial charge in [0.25, 0.3) is 0 Å². The maximum Gasteiger partial charge on any atom is 0.183 e. The Balaban J connectivity index is 1.50. The largest absolute Gasteiger partial charge is 0.348 e. The second-order valence-electron chi connectivity index (χ2n) is 8.06. The minimum Gasteiger partial charge on any atom is -0.348 e. The summed E-state index contributed by atoms with van der Waals surface area (Å²) in [5, 5.41) is 15.1. The zero-order chi connectivity index (χ0) is 17.2. The van der Waals surface area contributed by atoms with Crippen LogP contribution in [0.1, 0.15) is 55.7 Å². The molecule has 5 rings (SSSR count). The van der Waals surface area contributed by atoms with Gasteiger partial charge in [0.15, 0.2) is 12.0 Å². The molecule has 2 aliphatic carbocycles. The first-order valence-corrected chi connectivity index (χ1v) is 9.26. The average molecular weight is 346 g/mol. The highest BCUT2D eigenvalue weighted by Crippen LogP contribution is 2.54. The molecule has 0 bridgehead atoms. The number of hydrogen-bond donors (Lipinski definition) is 1. The SMILES string of the molecule is CN1N=NC(c2c3c(nn2C)[C@@]2(C)CCC4(CC2CC3)OCCO4)N1. The number of nitrogens with zero attached hydrogens (tertiary/aromatic N) is 5. The van der Waals surface area contributed by atoms with Crippen LogP contribution in [0.4, 0.5) is 0 Å². The van der Waals surface area contributed by atoms with Crippen LogP contribution < -0.4 is 5.43 Å². The van der Waals surface area contributed by atoms with Crippen LogP contribution in [0, 0.1) is 5.92 Å². The highest BCUT2D eigenvalue weighted by atomic mass is 16.7. The minimum atomic E-state index is -0.330. The molecule has 2 aliphatic heterocycles. The topological polar surface area (TPSA) is 76.3 Å². The Morgan fingerprint density at radius 2 is 2.00 bits per heavy atom. The molecule has 2 fully saturated rings. The Hall–Kier alpha value is -1.51. The van der Waals surface area contributed by atoms with Crippen LogP contribution in [-0.4, -0.2) is 40.9 Å². The number of hydrogen-bond acceptors (Lipinski definition) is 7. The molecular weight excluding hydrogens is 320 g/mol. The fraction of sp³-hybridized carbons (Fsp3) is 0.824. The fourth-order valence-corrected chi connectivity index (χ4v) is 5.27. The van der Waals surface area contributed by atoms with Gasteiger partial charge in [0, 0.05) is 37.9 Å². The van der Waals surface area contributed by atoms with E-state index in [0.717, 1.165) is 51.0 Å². The predicted octanol–water partition coefficient (Wildman–Crippen LogP) is 1.98. The molecule has 2 unspecified atom stereocenters. The van der Waals surface area contributed by atoms with Crippen LogP contribution in [0.15, 0.2) is 10.3 Å². The van der Waals surface area contributed by atoms with E-state index in [-0.39, 0.29) is 17.4 Å². The van der Waals surface area contributed by atoms with Crippen molar-refractivity contribution >= 4 is 0 Å². The molecule has 1 spiro atoms. The molecule has 1 N–H and O–H groups in total. The van der Waals surface area contributed by atoms with Gasteiger partial charge in [-0.3, -0.25) is 4.68 Å². The molecule has 3 heterocycles. The van der Waals surface area contributed by atoms with Crippen molar-refractivity contribution in [2.45, 2.75) is 56.4 Å². The Morgan fingerprint density at radius 3 is 2.72 bits per heavy atom. The summed E-state index contributed by atoms with van der Waals surface area (Å²) in [4.78, 5) is 0. The summed E-state index contributed by atoms with van der Waals surface area (Å²) >= 11 is 0. The molecule has 1 aromatic heterocycles. The van der Waals surface area contributed by atoms with E-state index < -0.39 is 0 Å². The molecule has 136 valence electrons. The Morgan fingerprint density at radius 1 is 1.20 bits per heavy atom. The van der Waals surface area contributed by atoms with E-state index >= 15 is 0 Å². The van der Waals surface area contributed by atoms with Crippen molar-refractivity contribution < 1.29 is 9.47 Å². The van der Waals surface area contributed by atoms with Gasteiger partial charge in [0.05, 0.1) is 24.6 Å². The summed E-state index contributed by atoms with van der Waals surface area (Å²) in [6.07, 6.45) is 5.04. The van der Waals surface area contributed by atoms with Crippen LogP contribution in [0.25, 0.3) is 0 Å². The van der Waals surface area contributed by atoms with Crippen molar-refractivity contribution in [3.63, 3.8) is 0 Å². The third-order valence-corrected chi connectivity index (χ3v) is 6.64. The van der Waals surface area contributed by atoms with Crippen LogP contribution >= 0.6 is 0 Å². The van der Waals surface area contributed by atoms with Gasteiger partial charge in [-0.05, 0) is 25.2 Å². The van der Waals surface area contributed by atoms with E-state index in [4.69, 9.17) is 14.6 Å². The van der Waals surface area contributed by atoms with Crippen LogP contribution in [0.5, 0.6) is 0 Å². The first-order chi connectivity index (χ1) is 12.0. The molecule has 1 saturated heterocycles. The van der Waals surface area contributed by atoms with Gasteiger partial charge in [-0.2, -0.15) is 10.5 Å². The summed E-state index contributed by atoms with van der Waals surface area (Å²) in [5.41, 5.74) is 7.12. The lowest BCUT2D eigenvalue weighted by atomic mass is 9.58. The third-order valence-electron chi connectivity index (χ3n) is 6.64. The zero-order valence-electron chi connectivity index (χ0n) is 15.2. The molecule has 1 aromatic rings. The molecule has 8 heteroatoms. The molecule has 0 aromatic carbocycles. The van der Waals surface area contributed by atoms with Gasteiger partial charge >= 0.3 is 0 Å². The van der Waals surface area contributed by atoms with Crippen molar-refractivity contribution in [1.29, 1.82) is 0 Å². The molecule has 25 heavy (non-hydrogen) atoms. The number of hydrazine groups is 1. The number of aromatic nitrogens is 2. The second kappa shape index (κ2) is 5.25. The summed E-state index contributed by atoms with van der Waals surface area (Å²) in [7, 11) is 3.89. The second-order valence-corrected chi connectivity index (χ2v) is 8.06. The van der Waals surface area contributed by atoms with Crippen molar-refractivity contribution in [2.75, 3.05) is 20.3 Å². The van der Waals surface area contributed by atoms with E-state index in [1.54, 1.807) is 5.12 Å². The lowest BCUT2D eigenvalue weighted by Crippen LogP contribution is -2.49. The molecule has 1 saturated carbocycles. The fourth-order valence-electron chi connectivity index (χ4n) is 5.27. The van der Waals surface area contributed by atoms with Gasteiger partial charge in [-0.1, -0.05) is 12.1 Å². The van der Waals surface area contributed by atoms with E-state index in [9.17, 15) is 0 Å². The first-order valence-electron chi connectivity index (χ1n) is 9.26. The van der Waals surface area contributed by atoms with Gasteiger partial charge in [-0.15, -0.1) is 5.11 Å². The minimum absolute atomic E-state index is 0.0891. The Bertz CT molecular complexity index is 725. The normalized spacial score (nSPS) is 36.0. The molecule has 4 aliphatic rings. The Labute approximate surface area is 147 Å². The van der Waals surface area contributed by atoms with E-state index in [0.29, 0.717) is 5.92 Å². The quantitative estimate of drug-likeness (QED) is 0.841. The van der Waals surface area contributed by atoms with Gasteiger partial charge in [0.1, 0.15) is 0 Å². The molecule has 8 nitrogen and oxygen atoms in total. The highest BCUT2D eigenvalue weighted by Gasteiger charge is 2.54. The van der Waals surface area contributed by atoms with Crippen LogP contribution in [-0.2, 0) is 28.4 Å². The lowest BCUT2D eigenvalue weighted by Gasteiger charge is -2.49. The first kappa shape index (κ1) is 15.7.